The minimum Gasteiger partial charge on any atom is -0.391 e. The second kappa shape index (κ2) is 6.71. The molecule has 0 heterocycles. The van der Waals surface area contributed by atoms with Crippen molar-refractivity contribution in [2.24, 2.45) is 5.92 Å². The van der Waals surface area contributed by atoms with Crippen LogP contribution in [0, 0.1) is 25.2 Å². The predicted octanol–water partition coefficient (Wildman–Crippen LogP) is 3.75. The summed E-state index contributed by atoms with van der Waals surface area (Å²) in [6, 6.07) is 6.08. The third-order valence-corrected chi connectivity index (χ3v) is 2.69. The van der Waals surface area contributed by atoms with Crippen molar-refractivity contribution in [3.8, 4) is 12.3 Å². The van der Waals surface area contributed by atoms with Crippen LogP contribution in [0.15, 0.2) is 37.1 Å². The van der Waals surface area contributed by atoms with E-state index in [9.17, 15) is 0 Å². The van der Waals surface area contributed by atoms with E-state index in [1.807, 2.05) is 37.4 Å². The highest BCUT2D eigenvalue weighted by atomic mass is 14.8. The van der Waals surface area contributed by atoms with Crippen molar-refractivity contribution >= 4 is 5.57 Å². The van der Waals surface area contributed by atoms with Crippen LogP contribution in [0.5, 0.6) is 0 Å². The van der Waals surface area contributed by atoms with Crippen LogP contribution in [0.2, 0.25) is 0 Å². The lowest BCUT2D eigenvalue weighted by molar-refractivity contribution is 0.611. The molecule has 0 aromatic heterocycles. The maximum absolute atomic E-state index is 5.46. The molecule has 1 aromatic carbocycles. The van der Waals surface area contributed by atoms with Gasteiger partial charge in [0, 0.05) is 12.1 Å². The summed E-state index contributed by atoms with van der Waals surface area (Å²) in [5.74, 6) is 3.33. The van der Waals surface area contributed by atoms with Gasteiger partial charge in [-0.3, -0.25) is 0 Å². The zero-order valence-electron chi connectivity index (χ0n) is 11.5. The zero-order valence-corrected chi connectivity index (χ0v) is 11.5. The highest BCUT2D eigenvalue weighted by Crippen LogP contribution is 2.17. The lowest BCUT2D eigenvalue weighted by Crippen LogP contribution is -2.12. The van der Waals surface area contributed by atoms with Gasteiger partial charge in [0.1, 0.15) is 0 Å². The normalized spacial score (nSPS) is 10.6. The quantitative estimate of drug-likeness (QED) is 0.609. The molecule has 0 aliphatic heterocycles. The smallest absolute Gasteiger partial charge is 0.0277 e. The summed E-state index contributed by atoms with van der Waals surface area (Å²) in [5, 5.41) is 3.24. The topological polar surface area (TPSA) is 12.0 Å². The summed E-state index contributed by atoms with van der Waals surface area (Å²) in [6.07, 6.45) is 9.39. The summed E-state index contributed by atoms with van der Waals surface area (Å²) in [6.45, 7) is 11.4. The molecule has 0 radical (unpaired) electrons. The summed E-state index contributed by atoms with van der Waals surface area (Å²) in [4.78, 5) is 0. The Hall–Kier alpha value is -1.94. The molecular weight excluding hydrogens is 218 g/mol. The number of allylic oxidation sites excluding steroid dienone is 2. The van der Waals surface area contributed by atoms with E-state index in [2.05, 4.69) is 31.7 Å². The molecule has 0 fully saturated rings. The van der Waals surface area contributed by atoms with E-state index in [4.69, 9.17) is 6.42 Å². The Morgan fingerprint density at radius 2 is 2.22 bits per heavy atom. The van der Waals surface area contributed by atoms with Gasteiger partial charge in [-0.1, -0.05) is 38.5 Å². The molecule has 0 saturated heterocycles. The van der Waals surface area contributed by atoms with Gasteiger partial charge in [0.15, 0.2) is 0 Å². The van der Waals surface area contributed by atoms with Crippen molar-refractivity contribution < 1.29 is 0 Å². The molecule has 0 aliphatic carbocycles. The fraction of sp³-hybridized carbons (Fsp3) is 0.294. The number of aryl methyl sites for hydroxylation is 1. The van der Waals surface area contributed by atoms with Crippen molar-refractivity contribution in [3.05, 3.63) is 53.7 Å². The second-order valence-corrected chi connectivity index (χ2v) is 4.83. The first kappa shape index (κ1) is 14.1. The van der Waals surface area contributed by atoms with Gasteiger partial charge >= 0.3 is 0 Å². The maximum atomic E-state index is 5.46. The highest BCUT2D eigenvalue weighted by Gasteiger charge is 1.99. The maximum Gasteiger partial charge on any atom is 0.0277 e. The predicted molar refractivity (Wildman–Crippen MR) is 80.1 cm³/mol. The first-order chi connectivity index (χ1) is 8.54. The molecule has 0 spiro atoms. The minimum absolute atomic E-state index is 0.635. The van der Waals surface area contributed by atoms with Gasteiger partial charge in [0.05, 0.1) is 0 Å². The molecular formula is C17H21N. The molecule has 18 heavy (non-hydrogen) atoms. The molecule has 0 atom stereocenters. The first-order valence-corrected chi connectivity index (χ1v) is 6.21. The van der Waals surface area contributed by atoms with Crippen molar-refractivity contribution in [1.82, 2.24) is 5.32 Å². The van der Waals surface area contributed by atoms with Crippen LogP contribution in [-0.4, -0.2) is 6.54 Å². The van der Waals surface area contributed by atoms with E-state index in [0.29, 0.717) is 5.92 Å². The van der Waals surface area contributed by atoms with Gasteiger partial charge in [-0.2, -0.15) is 0 Å². The average molecular weight is 239 g/mol. The molecule has 0 unspecified atom stereocenters. The van der Waals surface area contributed by atoms with E-state index in [1.54, 1.807) is 0 Å². The van der Waals surface area contributed by atoms with Crippen LogP contribution >= 0.6 is 0 Å². The van der Waals surface area contributed by atoms with E-state index >= 15 is 0 Å². The molecule has 1 heteroatoms. The van der Waals surface area contributed by atoms with Crippen LogP contribution < -0.4 is 5.32 Å². The molecule has 94 valence electrons. The Bertz CT molecular complexity index is 487. The van der Waals surface area contributed by atoms with E-state index in [1.165, 1.54) is 0 Å². The molecule has 0 saturated carbocycles. The largest absolute Gasteiger partial charge is 0.391 e. The third-order valence-electron chi connectivity index (χ3n) is 2.69. The van der Waals surface area contributed by atoms with Gasteiger partial charge < -0.3 is 5.32 Å². The van der Waals surface area contributed by atoms with E-state index in [-0.39, 0.29) is 0 Å². The molecule has 0 amide bonds. The lowest BCUT2D eigenvalue weighted by Gasteiger charge is -2.06. The highest BCUT2D eigenvalue weighted by molar-refractivity contribution is 5.73. The van der Waals surface area contributed by atoms with Crippen molar-refractivity contribution in [2.75, 3.05) is 6.54 Å². The molecule has 1 nitrogen and oxygen atoms in total. The summed E-state index contributed by atoms with van der Waals surface area (Å²) >= 11 is 0. The fourth-order valence-corrected chi connectivity index (χ4v) is 1.54. The summed E-state index contributed by atoms with van der Waals surface area (Å²) < 4.78 is 0. The summed E-state index contributed by atoms with van der Waals surface area (Å²) in [5.41, 5.74) is 4.08. The van der Waals surface area contributed by atoms with Crippen LogP contribution in [0.4, 0.5) is 0 Å². The SMILES string of the molecule is C#Cc1cc(C(=C)/C=C\NCC(C)C)ccc1C. The Morgan fingerprint density at radius 3 is 2.83 bits per heavy atom. The van der Waals surface area contributed by atoms with Gasteiger partial charge in [0.25, 0.3) is 0 Å². The van der Waals surface area contributed by atoms with E-state index in [0.717, 1.165) is 28.8 Å². The molecule has 1 rings (SSSR count). The van der Waals surface area contributed by atoms with E-state index < -0.39 is 0 Å². The summed E-state index contributed by atoms with van der Waals surface area (Å²) in [7, 11) is 0. The van der Waals surface area contributed by atoms with Gasteiger partial charge in [-0.25, -0.2) is 0 Å². The zero-order chi connectivity index (χ0) is 13.5. The van der Waals surface area contributed by atoms with Crippen molar-refractivity contribution in [3.63, 3.8) is 0 Å². The Labute approximate surface area is 111 Å². The fourth-order valence-electron chi connectivity index (χ4n) is 1.54. The molecule has 1 N–H and O–H groups in total. The van der Waals surface area contributed by atoms with Crippen LogP contribution in [0.1, 0.15) is 30.5 Å². The first-order valence-electron chi connectivity index (χ1n) is 6.21. The average Bonchev–Trinajstić information content (AvgIpc) is 2.34. The number of terminal acetylenes is 1. The van der Waals surface area contributed by atoms with Gasteiger partial charge in [-0.15, -0.1) is 6.42 Å². The van der Waals surface area contributed by atoms with Crippen LogP contribution in [0.3, 0.4) is 0 Å². The number of hydrogen-bond donors (Lipinski definition) is 1. The second-order valence-electron chi connectivity index (χ2n) is 4.83. The third kappa shape index (κ3) is 4.14. The Balaban J connectivity index is 2.70. The van der Waals surface area contributed by atoms with Crippen LogP contribution in [0.25, 0.3) is 5.57 Å². The number of benzene rings is 1. The van der Waals surface area contributed by atoms with Crippen molar-refractivity contribution in [2.45, 2.75) is 20.8 Å². The molecule has 1 aromatic rings. The van der Waals surface area contributed by atoms with Crippen molar-refractivity contribution in [1.29, 1.82) is 0 Å². The number of rotatable bonds is 5. The Kier molecular flexibility index (Phi) is 5.27. The lowest BCUT2D eigenvalue weighted by atomic mass is 10.0. The van der Waals surface area contributed by atoms with Crippen LogP contribution in [-0.2, 0) is 0 Å². The number of hydrogen-bond acceptors (Lipinski definition) is 1. The van der Waals surface area contributed by atoms with Gasteiger partial charge in [-0.05, 0) is 47.9 Å². The monoisotopic (exact) mass is 239 g/mol. The minimum atomic E-state index is 0.635. The number of nitrogens with one attached hydrogen (secondary N) is 1. The standard InChI is InChI=1S/C17H21N/c1-6-16-11-17(8-7-14(16)4)15(5)9-10-18-12-13(2)3/h1,7-11,13,18H,5,12H2,2-4H3/b10-9-. The Morgan fingerprint density at radius 1 is 1.50 bits per heavy atom. The van der Waals surface area contributed by atoms with Gasteiger partial charge in [0.2, 0.25) is 0 Å². The molecule has 0 bridgehead atoms. The molecule has 0 aliphatic rings.